The fourth-order valence-corrected chi connectivity index (χ4v) is 1.83. The van der Waals surface area contributed by atoms with Gasteiger partial charge in [0, 0.05) is 18.9 Å². The maximum atomic E-state index is 11.5. The van der Waals surface area contributed by atoms with Gasteiger partial charge in [0.15, 0.2) is 5.82 Å². The number of nitrogens with one attached hydrogen (secondary N) is 1. The van der Waals surface area contributed by atoms with E-state index in [0.717, 1.165) is 10.0 Å². The number of alkyl carbamates (subject to hydrolysis) is 1. The Hall–Kier alpha value is -2.21. The fraction of sp³-hybridized carbons (Fsp3) is 0.188. The van der Waals surface area contributed by atoms with Crippen LogP contribution < -0.4 is 5.32 Å². The summed E-state index contributed by atoms with van der Waals surface area (Å²) in [5.74, 6) is 0.634. The number of benzene rings is 1. The zero-order valence-corrected chi connectivity index (χ0v) is 13.5. The van der Waals surface area contributed by atoms with Crippen LogP contribution in [0.25, 0.3) is 6.08 Å². The Morgan fingerprint density at radius 2 is 1.95 bits per heavy atom. The van der Waals surface area contributed by atoms with Crippen LogP contribution >= 0.6 is 15.9 Å². The Labute approximate surface area is 137 Å². The number of carbonyl (C=O) groups excluding carboxylic acids is 1. The first kappa shape index (κ1) is 16.2. The Bertz CT molecular complexity index is 615. The van der Waals surface area contributed by atoms with E-state index in [4.69, 9.17) is 4.74 Å². The molecule has 0 aliphatic heterocycles. The molecule has 0 fully saturated rings. The molecule has 0 saturated carbocycles. The van der Waals surface area contributed by atoms with Crippen molar-refractivity contribution < 1.29 is 9.53 Å². The van der Waals surface area contributed by atoms with Crippen LogP contribution in [0.4, 0.5) is 4.79 Å². The minimum atomic E-state index is -0.419. The van der Waals surface area contributed by atoms with E-state index >= 15 is 0 Å². The van der Waals surface area contributed by atoms with Gasteiger partial charge in [-0.1, -0.05) is 36.4 Å². The molecule has 0 radical (unpaired) electrons. The lowest BCUT2D eigenvalue weighted by molar-refractivity contribution is 0.140. The van der Waals surface area contributed by atoms with Crippen LogP contribution in [0.5, 0.6) is 0 Å². The lowest BCUT2D eigenvalue weighted by Crippen LogP contribution is -2.24. The Kier molecular flexibility index (Phi) is 6.57. The molecule has 1 aromatic carbocycles. The van der Waals surface area contributed by atoms with E-state index in [9.17, 15) is 4.79 Å². The summed E-state index contributed by atoms with van der Waals surface area (Å²) in [6, 6.07) is 9.56. The quantitative estimate of drug-likeness (QED) is 0.798. The SMILES string of the molecule is O=C(NCCC=Cc1ncc(Br)cn1)OCc1ccccc1. The summed E-state index contributed by atoms with van der Waals surface area (Å²) in [6.45, 7) is 0.774. The zero-order chi connectivity index (χ0) is 15.6. The van der Waals surface area contributed by atoms with Crippen molar-refractivity contribution in [2.24, 2.45) is 0 Å². The second-order valence-electron chi connectivity index (χ2n) is 4.44. The summed E-state index contributed by atoms with van der Waals surface area (Å²) < 4.78 is 5.94. The minimum absolute atomic E-state index is 0.273. The van der Waals surface area contributed by atoms with E-state index in [1.54, 1.807) is 12.4 Å². The monoisotopic (exact) mass is 361 g/mol. The molecule has 2 aromatic rings. The zero-order valence-electron chi connectivity index (χ0n) is 11.9. The number of rotatable bonds is 6. The number of carbonyl (C=O) groups is 1. The Balaban J connectivity index is 1.61. The van der Waals surface area contributed by atoms with Gasteiger partial charge in [-0.25, -0.2) is 14.8 Å². The van der Waals surface area contributed by atoms with Crippen molar-refractivity contribution in [1.82, 2.24) is 15.3 Å². The maximum absolute atomic E-state index is 11.5. The molecule has 0 saturated heterocycles. The normalized spacial score (nSPS) is 10.6. The number of hydrogen-bond acceptors (Lipinski definition) is 4. The fourth-order valence-electron chi connectivity index (χ4n) is 1.63. The van der Waals surface area contributed by atoms with E-state index in [0.29, 0.717) is 18.8 Å². The number of nitrogens with zero attached hydrogens (tertiary/aromatic N) is 2. The average molecular weight is 362 g/mol. The van der Waals surface area contributed by atoms with Gasteiger partial charge >= 0.3 is 6.09 Å². The van der Waals surface area contributed by atoms with Gasteiger partial charge in [-0.05, 0) is 34.0 Å². The van der Waals surface area contributed by atoms with Crippen molar-refractivity contribution in [1.29, 1.82) is 0 Å². The highest BCUT2D eigenvalue weighted by Crippen LogP contribution is 2.05. The van der Waals surface area contributed by atoms with E-state index in [-0.39, 0.29) is 6.61 Å². The molecule has 1 aromatic heterocycles. The molecule has 22 heavy (non-hydrogen) atoms. The van der Waals surface area contributed by atoms with Crippen molar-refractivity contribution in [3.63, 3.8) is 0 Å². The largest absolute Gasteiger partial charge is 0.445 e. The van der Waals surface area contributed by atoms with Crippen LogP contribution in [0.3, 0.4) is 0 Å². The summed E-state index contributed by atoms with van der Waals surface area (Å²) in [7, 11) is 0. The summed E-state index contributed by atoms with van der Waals surface area (Å²) in [5.41, 5.74) is 0.963. The van der Waals surface area contributed by atoms with Crippen molar-refractivity contribution in [2.75, 3.05) is 6.54 Å². The van der Waals surface area contributed by atoms with Gasteiger partial charge in [0.05, 0.1) is 4.47 Å². The first-order chi connectivity index (χ1) is 10.7. The molecule has 114 valence electrons. The van der Waals surface area contributed by atoms with Gasteiger partial charge in [0.1, 0.15) is 6.61 Å². The number of hydrogen-bond donors (Lipinski definition) is 1. The van der Waals surface area contributed by atoms with E-state index in [1.807, 2.05) is 42.5 Å². The highest BCUT2D eigenvalue weighted by atomic mass is 79.9. The summed E-state index contributed by atoms with van der Waals surface area (Å²) >= 11 is 3.28. The lowest BCUT2D eigenvalue weighted by atomic mass is 10.2. The van der Waals surface area contributed by atoms with Gasteiger partial charge in [0.25, 0.3) is 0 Å². The van der Waals surface area contributed by atoms with Gasteiger partial charge in [-0.15, -0.1) is 0 Å². The highest BCUT2D eigenvalue weighted by molar-refractivity contribution is 9.10. The highest BCUT2D eigenvalue weighted by Gasteiger charge is 2.00. The second-order valence-corrected chi connectivity index (χ2v) is 5.35. The van der Waals surface area contributed by atoms with Crippen LogP contribution in [-0.2, 0) is 11.3 Å². The first-order valence-corrected chi connectivity index (χ1v) is 7.62. The molecule has 1 amide bonds. The van der Waals surface area contributed by atoms with Gasteiger partial charge in [0.2, 0.25) is 0 Å². The molecule has 0 aliphatic rings. The van der Waals surface area contributed by atoms with E-state index in [1.165, 1.54) is 0 Å². The van der Waals surface area contributed by atoms with Crippen molar-refractivity contribution in [2.45, 2.75) is 13.0 Å². The van der Waals surface area contributed by atoms with E-state index in [2.05, 4.69) is 31.2 Å². The van der Waals surface area contributed by atoms with Gasteiger partial charge < -0.3 is 10.1 Å². The molecule has 2 rings (SSSR count). The molecular formula is C16H16BrN3O2. The maximum Gasteiger partial charge on any atom is 0.407 e. The standard InChI is InChI=1S/C16H16BrN3O2/c17-14-10-19-15(20-11-14)8-4-5-9-18-16(21)22-12-13-6-2-1-3-7-13/h1-4,6-8,10-11H,5,9,12H2,(H,18,21). The molecule has 0 unspecified atom stereocenters. The van der Waals surface area contributed by atoms with Gasteiger partial charge in [-0.2, -0.15) is 0 Å². The van der Waals surface area contributed by atoms with E-state index < -0.39 is 6.09 Å². The van der Waals surface area contributed by atoms with Crippen LogP contribution in [0.2, 0.25) is 0 Å². The topological polar surface area (TPSA) is 64.1 Å². The Morgan fingerprint density at radius 1 is 1.23 bits per heavy atom. The third-order valence-corrected chi connectivity index (χ3v) is 3.11. The Morgan fingerprint density at radius 3 is 2.68 bits per heavy atom. The molecule has 0 aliphatic carbocycles. The number of halogens is 1. The summed E-state index contributed by atoms with van der Waals surface area (Å²) in [4.78, 5) is 19.7. The number of ether oxygens (including phenoxy) is 1. The smallest absolute Gasteiger partial charge is 0.407 e. The molecule has 1 heterocycles. The first-order valence-electron chi connectivity index (χ1n) is 6.82. The van der Waals surface area contributed by atoms with Gasteiger partial charge in [-0.3, -0.25) is 0 Å². The predicted molar refractivity (Wildman–Crippen MR) is 88.0 cm³/mol. The number of amides is 1. The molecule has 6 heteroatoms. The number of aromatic nitrogens is 2. The van der Waals surface area contributed by atoms with Crippen LogP contribution in [0.1, 0.15) is 17.8 Å². The molecule has 1 N–H and O–H groups in total. The average Bonchev–Trinajstić information content (AvgIpc) is 2.55. The summed E-state index contributed by atoms with van der Waals surface area (Å²) in [5, 5.41) is 2.69. The minimum Gasteiger partial charge on any atom is -0.445 e. The molecular weight excluding hydrogens is 346 g/mol. The van der Waals surface area contributed by atoms with Crippen LogP contribution in [0, 0.1) is 0 Å². The summed E-state index contributed by atoms with van der Waals surface area (Å²) in [6.07, 6.45) is 7.35. The molecule has 0 atom stereocenters. The third kappa shape index (κ3) is 6.05. The predicted octanol–water partition coefficient (Wildman–Crippen LogP) is 3.57. The van der Waals surface area contributed by atoms with Crippen molar-refractivity contribution >= 4 is 28.1 Å². The van der Waals surface area contributed by atoms with Crippen LogP contribution in [-0.4, -0.2) is 22.6 Å². The lowest BCUT2D eigenvalue weighted by Gasteiger charge is -2.05. The van der Waals surface area contributed by atoms with Crippen molar-refractivity contribution in [3.8, 4) is 0 Å². The third-order valence-electron chi connectivity index (χ3n) is 2.70. The van der Waals surface area contributed by atoms with Crippen molar-refractivity contribution in [3.05, 3.63) is 64.7 Å². The molecule has 5 nitrogen and oxygen atoms in total. The molecule has 0 bridgehead atoms. The van der Waals surface area contributed by atoms with Crippen LogP contribution in [0.15, 0.2) is 53.3 Å². The second kappa shape index (κ2) is 8.94. The molecule has 0 spiro atoms.